The van der Waals surface area contributed by atoms with E-state index in [1.807, 2.05) is 19.4 Å². The lowest BCUT2D eigenvalue weighted by atomic mass is 10.4. The molecule has 21 heavy (non-hydrogen) atoms. The highest BCUT2D eigenvalue weighted by molar-refractivity contribution is 7.89. The van der Waals surface area contributed by atoms with Crippen molar-refractivity contribution in [2.45, 2.75) is 24.8 Å². The monoisotopic (exact) mass is 329 g/mol. The number of likely N-dealkylation sites (N-methyl/N-ethyl adjacent to an activating group) is 1. The molecule has 116 valence electrons. The highest BCUT2D eigenvalue weighted by Gasteiger charge is 2.16. The first kappa shape index (κ1) is 16.1. The molecule has 0 radical (unpaired) electrons. The summed E-state index contributed by atoms with van der Waals surface area (Å²) in [6, 6.07) is 0. The number of aryl methyl sites for hydroxylation is 1. The molecule has 0 aromatic carbocycles. The molecule has 0 aliphatic rings. The Morgan fingerprint density at radius 2 is 2.19 bits per heavy atom. The molecule has 7 nitrogen and oxygen atoms in total. The number of hydrogen-bond acceptors (Lipinski definition) is 6. The molecular formula is C12H19N5O2S2. The van der Waals surface area contributed by atoms with E-state index in [-0.39, 0.29) is 4.90 Å². The Labute approximate surface area is 128 Å². The van der Waals surface area contributed by atoms with Crippen LogP contribution in [0.3, 0.4) is 0 Å². The number of nitrogens with one attached hydrogen (secondary N) is 2. The van der Waals surface area contributed by atoms with Crippen molar-refractivity contribution in [2.24, 2.45) is 0 Å². The molecule has 0 bridgehead atoms. The zero-order valence-electron chi connectivity index (χ0n) is 12.0. The van der Waals surface area contributed by atoms with E-state index in [0.717, 1.165) is 17.2 Å². The Balaban J connectivity index is 1.90. The summed E-state index contributed by atoms with van der Waals surface area (Å²) in [5.41, 5.74) is 0.962. The van der Waals surface area contributed by atoms with E-state index in [1.165, 1.54) is 23.7 Å². The summed E-state index contributed by atoms with van der Waals surface area (Å²) in [7, 11) is -1.67. The largest absolute Gasteiger partial charge is 0.318 e. The average molecular weight is 329 g/mol. The zero-order chi connectivity index (χ0) is 15.3. The molecule has 0 aliphatic heterocycles. The van der Waals surface area contributed by atoms with Crippen molar-refractivity contribution in [2.75, 3.05) is 20.1 Å². The van der Waals surface area contributed by atoms with Crippen molar-refractivity contribution >= 4 is 21.4 Å². The molecule has 0 spiro atoms. The maximum atomic E-state index is 12.1. The molecule has 0 saturated heterocycles. The van der Waals surface area contributed by atoms with Crippen LogP contribution in [0.5, 0.6) is 0 Å². The molecule has 0 saturated carbocycles. The minimum atomic E-state index is -3.50. The summed E-state index contributed by atoms with van der Waals surface area (Å²) < 4.78 is 28.4. The molecule has 0 amide bonds. The number of rotatable bonds is 8. The molecule has 0 atom stereocenters. The van der Waals surface area contributed by atoms with Crippen molar-refractivity contribution in [3.63, 3.8) is 0 Å². The number of sulfonamides is 1. The molecule has 2 N–H and O–H groups in total. The van der Waals surface area contributed by atoms with Gasteiger partial charge in [0.25, 0.3) is 0 Å². The number of thiazole rings is 1. The van der Waals surface area contributed by atoms with E-state index in [2.05, 4.69) is 20.1 Å². The fourth-order valence-corrected chi connectivity index (χ4v) is 3.48. The summed E-state index contributed by atoms with van der Waals surface area (Å²) in [6.07, 6.45) is 3.49. The van der Waals surface area contributed by atoms with Gasteiger partial charge in [-0.15, -0.1) is 11.3 Å². The lowest BCUT2D eigenvalue weighted by molar-refractivity contribution is 0.576. The number of nitrogens with zero attached hydrogens (tertiary/aromatic N) is 3. The van der Waals surface area contributed by atoms with Gasteiger partial charge in [-0.1, -0.05) is 0 Å². The van der Waals surface area contributed by atoms with Crippen molar-refractivity contribution in [3.05, 3.63) is 28.5 Å². The molecule has 0 fully saturated rings. The average Bonchev–Trinajstić information content (AvgIpc) is 3.06. The predicted octanol–water partition coefficient (Wildman–Crippen LogP) is 0.388. The topological polar surface area (TPSA) is 88.9 Å². The number of hydrogen-bond donors (Lipinski definition) is 2. The molecule has 9 heteroatoms. The smallest absolute Gasteiger partial charge is 0.243 e. The predicted molar refractivity (Wildman–Crippen MR) is 81.9 cm³/mol. The summed E-state index contributed by atoms with van der Waals surface area (Å²) in [6.45, 7) is 3.61. The summed E-state index contributed by atoms with van der Waals surface area (Å²) in [5.74, 6) is 0. The third kappa shape index (κ3) is 4.60. The Kier molecular flexibility index (Phi) is 5.45. The normalized spacial score (nSPS) is 11.9. The van der Waals surface area contributed by atoms with E-state index in [0.29, 0.717) is 19.5 Å². The van der Waals surface area contributed by atoms with Crippen molar-refractivity contribution < 1.29 is 8.42 Å². The van der Waals surface area contributed by atoms with Crippen LogP contribution in [0.1, 0.15) is 10.7 Å². The second-order valence-electron chi connectivity index (χ2n) is 4.57. The zero-order valence-corrected chi connectivity index (χ0v) is 13.7. The Morgan fingerprint density at radius 3 is 2.86 bits per heavy atom. The molecule has 0 aliphatic carbocycles. The van der Waals surface area contributed by atoms with Crippen molar-refractivity contribution in [1.82, 2.24) is 24.8 Å². The van der Waals surface area contributed by atoms with Gasteiger partial charge >= 0.3 is 0 Å². The highest BCUT2D eigenvalue weighted by Crippen LogP contribution is 2.10. The molecule has 2 heterocycles. The molecule has 2 rings (SSSR count). The van der Waals surface area contributed by atoms with E-state index >= 15 is 0 Å². The second kappa shape index (κ2) is 7.12. The van der Waals surface area contributed by atoms with Gasteiger partial charge < -0.3 is 5.32 Å². The minimum absolute atomic E-state index is 0.189. The van der Waals surface area contributed by atoms with E-state index in [4.69, 9.17) is 0 Å². The third-order valence-electron chi connectivity index (χ3n) is 2.81. The Bertz CT molecular complexity index is 677. The highest BCUT2D eigenvalue weighted by atomic mass is 32.2. The van der Waals surface area contributed by atoms with Crippen LogP contribution >= 0.6 is 11.3 Å². The second-order valence-corrected chi connectivity index (χ2v) is 7.28. The van der Waals surface area contributed by atoms with Crippen molar-refractivity contribution in [3.8, 4) is 0 Å². The third-order valence-corrected chi connectivity index (χ3v) is 5.25. The van der Waals surface area contributed by atoms with Gasteiger partial charge in [-0.25, -0.2) is 18.1 Å². The van der Waals surface area contributed by atoms with Gasteiger partial charge in [0.15, 0.2) is 0 Å². The molecular weight excluding hydrogens is 310 g/mol. The van der Waals surface area contributed by atoms with Crippen LogP contribution < -0.4 is 10.0 Å². The maximum Gasteiger partial charge on any atom is 0.243 e. The van der Waals surface area contributed by atoms with E-state index in [1.54, 1.807) is 4.68 Å². The van der Waals surface area contributed by atoms with Crippen LogP contribution in [0.25, 0.3) is 0 Å². The molecule has 2 aromatic rings. The van der Waals surface area contributed by atoms with Crippen LogP contribution in [0.4, 0.5) is 0 Å². The maximum absolute atomic E-state index is 12.1. The van der Waals surface area contributed by atoms with Gasteiger partial charge in [0.1, 0.15) is 4.90 Å². The van der Waals surface area contributed by atoms with Gasteiger partial charge in [-0.05, 0) is 14.0 Å². The fourth-order valence-electron chi connectivity index (χ4n) is 1.73. The standard InChI is InChI=1S/C12H19N5O2S2/c1-10-9-20-12(16-10)3-4-15-21(18,19)11-7-14-17(8-11)6-5-13-2/h7-9,13,15H,3-6H2,1-2H3. The van der Waals surface area contributed by atoms with Crippen LogP contribution in [-0.2, 0) is 23.0 Å². The van der Waals surface area contributed by atoms with E-state index < -0.39 is 10.0 Å². The first-order valence-electron chi connectivity index (χ1n) is 6.59. The lowest BCUT2D eigenvalue weighted by Crippen LogP contribution is -2.25. The van der Waals surface area contributed by atoms with Crippen LogP contribution in [0.15, 0.2) is 22.7 Å². The summed E-state index contributed by atoms with van der Waals surface area (Å²) in [5, 5.41) is 9.91. The SMILES string of the molecule is CNCCn1cc(S(=O)(=O)NCCc2nc(C)cs2)cn1. The number of aromatic nitrogens is 3. The summed E-state index contributed by atoms with van der Waals surface area (Å²) >= 11 is 1.54. The lowest BCUT2D eigenvalue weighted by Gasteiger charge is -2.03. The fraction of sp³-hybridized carbons (Fsp3) is 0.500. The Morgan fingerprint density at radius 1 is 1.38 bits per heavy atom. The van der Waals surface area contributed by atoms with Gasteiger partial charge in [-0.2, -0.15) is 5.10 Å². The van der Waals surface area contributed by atoms with E-state index in [9.17, 15) is 8.42 Å². The van der Waals surface area contributed by atoms with Crippen LogP contribution in [-0.4, -0.2) is 43.3 Å². The molecule has 0 unspecified atom stereocenters. The Hall–Kier alpha value is -1.29. The minimum Gasteiger partial charge on any atom is -0.318 e. The first-order valence-corrected chi connectivity index (χ1v) is 8.95. The summed E-state index contributed by atoms with van der Waals surface area (Å²) in [4.78, 5) is 4.49. The van der Waals surface area contributed by atoms with Crippen LogP contribution in [0, 0.1) is 6.92 Å². The van der Waals surface area contributed by atoms with Crippen LogP contribution in [0.2, 0.25) is 0 Å². The quantitative estimate of drug-likeness (QED) is 0.731. The van der Waals surface area contributed by atoms with Gasteiger partial charge in [-0.3, -0.25) is 4.68 Å². The van der Waals surface area contributed by atoms with Gasteiger partial charge in [0, 0.05) is 36.8 Å². The van der Waals surface area contributed by atoms with Gasteiger partial charge in [0.2, 0.25) is 10.0 Å². The van der Waals surface area contributed by atoms with Gasteiger partial charge in [0.05, 0.1) is 17.7 Å². The van der Waals surface area contributed by atoms with Crippen molar-refractivity contribution in [1.29, 1.82) is 0 Å². The molecule has 2 aromatic heterocycles. The first-order chi connectivity index (χ1) is 10.0.